The molecule has 0 spiro atoms. The van der Waals surface area contributed by atoms with E-state index in [1.807, 2.05) is 20.8 Å². The Morgan fingerprint density at radius 2 is 1.59 bits per heavy atom. The molecule has 2 atom stereocenters. The van der Waals surface area contributed by atoms with E-state index in [4.69, 9.17) is 4.74 Å². The van der Waals surface area contributed by atoms with E-state index in [0.717, 1.165) is 31.5 Å². The van der Waals surface area contributed by atoms with E-state index in [1.54, 1.807) is 20.8 Å². The molecule has 190 valence electrons. The van der Waals surface area contributed by atoms with Gasteiger partial charge in [-0.25, -0.2) is 4.98 Å². The maximum absolute atomic E-state index is 13.8. The third-order valence-corrected chi connectivity index (χ3v) is 6.01. The lowest BCUT2D eigenvalue weighted by molar-refractivity contribution is -0.142. The fourth-order valence-corrected chi connectivity index (χ4v) is 4.72. The molecule has 0 radical (unpaired) electrons. The Balaban J connectivity index is 2.35. The Bertz CT molecular complexity index is 1020. The topological polar surface area (TPSA) is 25.4 Å². The van der Waals surface area contributed by atoms with Gasteiger partial charge in [0.2, 0.25) is 0 Å². The molecule has 1 aromatic heterocycles. The second kappa shape index (κ2) is 8.97. The molecule has 0 N–H and O–H groups in total. The Kier molecular flexibility index (Phi) is 7.05. The predicted octanol–water partition coefficient (Wildman–Crippen LogP) is 7.78. The molecule has 34 heavy (non-hydrogen) atoms. The van der Waals surface area contributed by atoms with Gasteiger partial charge in [-0.1, -0.05) is 18.6 Å². The monoisotopic (exact) mass is 490 g/mol. The summed E-state index contributed by atoms with van der Waals surface area (Å²) in [5.41, 5.74) is -4.23. The van der Waals surface area contributed by atoms with E-state index in [-0.39, 0.29) is 22.5 Å². The number of rotatable bonds is 3. The molecule has 2 aromatic rings. The first-order valence-electron chi connectivity index (χ1n) is 11.4. The minimum absolute atomic E-state index is 0.0245. The van der Waals surface area contributed by atoms with Crippen molar-refractivity contribution in [1.82, 2.24) is 9.88 Å². The van der Waals surface area contributed by atoms with Crippen LogP contribution < -0.4 is 0 Å². The quantitative estimate of drug-likeness (QED) is 0.411. The van der Waals surface area contributed by atoms with Crippen molar-refractivity contribution in [2.45, 2.75) is 96.4 Å². The number of likely N-dealkylation sites (tertiary alicyclic amines) is 1. The number of benzene rings is 1. The second-order valence-electron chi connectivity index (χ2n) is 10.9. The fraction of sp³-hybridized carbons (Fsp3) is 0.640. The van der Waals surface area contributed by atoms with Gasteiger partial charge in [0.05, 0.1) is 22.8 Å². The van der Waals surface area contributed by atoms with Gasteiger partial charge < -0.3 is 4.74 Å². The summed E-state index contributed by atoms with van der Waals surface area (Å²) in [5.74, 6) is 0. The largest absolute Gasteiger partial charge is 0.433 e. The first-order valence-corrected chi connectivity index (χ1v) is 11.4. The van der Waals surface area contributed by atoms with E-state index in [0.29, 0.717) is 6.42 Å². The van der Waals surface area contributed by atoms with Crippen LogP contribution in [0.15, 0.2) is 24.3 Å². The number of alkyl halides is 6. The number of para-hydroxylation sites is 1. The second-order valence-corrected chi connectivity index (χ2v) is 10.9. The molecule has 2 unspecified atom stereocenters. The van der Waals surface area contributed by atoms with Crippen molar-refractivity contribution in [2.24, 2.45) is 0 Å². The Labute approximate surface area is 196 Å². The smallest absolute Gasteiger partial charge is 0.366 e. The average Bonchev–Trinajstić information content (AvgIpc) is 2.68. The lowest BCUT2D eigenvalue weighted by Gasteiger charge is -2.48. The fourth-order valence-electron chi connectivity index (χ4n) is 4.72. The van der Waals surface area contributed by atoms with Gasteiger partial charge in [-0.05, 0) is 78.6 Å². The van der Waals surface area contributed by atoms with E-state index in [9.17, 15) is 26.3 Å². The minimum Gasteiger partial charge on any atom is -0.366 e. The highest BCUT2D eigenvalue weighted by molar-refractivity contribution is 5.86. The van der Waals surface area contributed by atoms with Crippen LogP contribution in [0, 0.1) is 0 Å². The van der Waals surface area contributed by atoms with Crippen LogP contribution >= 0.6 is 0 Å². The number of nitrogens with zero attached hydrogens (tertiary/aromatic N) is 2. The molecular weight excluding hydrogens is 458 g/mol. The van der Waals surface area contributed by atoms with E-state index in [2.05, 4.69) is 9.88 Å². The van der Waals surface area contributed by atoms with E-state index in [1.165, 1.54) is 12.1 Å². The van der Waals surface area contributed by atoms with Crippen LogP contribution in [0.25, 0.3) is 10.9 Å². The van der Waals surface area contributed by atoms with Gasteiger partial charge in [0.1, 0.15) is 5.69 Å². The van der Waals surface area contributed by atoms with Gasteiger partial charge in [-0.2, -0.15) is 26.3 Å². The molecule has 1 fully saturated rings. The summed E-state index contributed by atoms with van der Waals surface area (Å²) < 4.78 is 89.2. The van der Waals surface area contributed by atoms with Crippen molar-refractivity contribution in [1.29, 1.82) is 0 Å². The highest BCUT2D eigenvalue weighted by atomic mass is 19.4. The summed E-state index contributed by atoms with van der Waals surface area (Å²) >= 11 is 0. The van der Waals surface area contributed by atoms with Crippen LogP contribution in [0.4, 0.5) is 26.3 Å². The zero-order chi connectivity index (χ0) is 25.7. The molecule has 1 aromatic carbocycles. The molecular formula is C25H32F6N2O. The van der Waals surface area contributed by atoms with Crippen LogP contribution in [0.2, 0.25) is 0 Å². The number of halogens is 6. The molecule has 1 saturated heterocycles. The van der Waals surface area contributed by atoms with Crippen molar-refractivity contribution >= 4 is 10.9 Å². The summed E-state index contributed by atoms with van der Waals surface area (Å²) in [7, 11) is 0. The summed E-state index contributed by atoms with van der Waals surface area (Å²) in [5, 5.41) is 0.0245. The maximum atomic E-state index is 13.8. The number of ether oxygens (including phenoxy) is 1. The third kappa shape index (κ3) is 5.85. The summed E-state index contributed by atoms with van der Waals surface area (Å²) in [6, 6.07) is 3.93. The highest BCUT2D eigenvalue weighted by Crippen LogP contribution is 2.44. The van der Waals surface area contributed by atoms with Crippen molar-refractivity contribution in [2.75, 3.05) is 6.54 Å². The molecule has 0 aliphatic carbocycles. The van der Waals surface area contributed by atoms with Crippen molar-refractivity contribution < 1.29 is 31.1 Å². The lowest BCUT2D eigenvalue weighted by Crippen LogP contribution is -2.54. The van der Waals surface area contributed by atoms with Gasteiger partial charge in [0, 0.05) is 17.0 Å². The Hall–Kier alpha value is -1.87. The zero-order valence-electron chi connectivity index (χ0n) is 20.4. The molecule has 0 amide bonds. The maximum Gasteiger partial charge on any atom is 0.433 e. The Morgan fingerprint density at radius 3 is 2.12 bits per heavy atom. The molecule has 1 aliphatic heterocycles. The summed E-state index contributed by atoms with van der Waals surface area (Å²) in [6.07, 6.45) is -8.21. The number of fused-ring (bicyclic) bond motifs is 1. The Morgan fingerprint density at radius 1 is 0.941 bits per heavy atom. The average molecular weight is 491 g/mol. The SMILES string of the molecule is CC(C)(C)OC(c1cc(C(F)(F)F)nc2c(C(F)(F)F)cccc12)C1CCCCN1C(C)(C)C. The number of piperidine rings is 1. The van der Waals surface area contributed by atoms with Crippen molar-refractivity contribution in [3.63, 3.8) is 0 Å². The summed E-state index contributed by atoms with van der Waals surface area (Å²) in [6.45, 7) is 12.2. The number of pyridine rings is 1. The van der Waals surface area contributed by atoms with Gasteiger partial charge in [-0.3, -0.25) is 4.90 Å². The standard InChI is InChI=1S/C25H32F6N2O/c1-22(2,3)33-13-8-7-12-18(33)21(34-23(4,5)6)16-14-19(25(29,30)31)32-20-15(16)10-9-11-17(20)24(26,27)28/h9-11,14,18,21H,7-8,12-13H2,1-6H3. The molecule has 0 bridgehead atoms. The molecule has 1 aliphatic rings. The number of hydrogen-bond donors (Lipinski definition) is 0. The van der Waals surface area contributed by atoms with Crippen molar-refractivity contribution in [3.8, 4) is 0 Å². The van der Waals surface area contributed by atoms with Crippen molar-refractivity contribution in [3.05, 3.63) is 41.1 Å². The molecule has 3 nitrogen and oxygen atoms in total. The van der Waals surface area contributed by atoms with Gasteiger partial charge in [0.25, 0.3) is 0 Å². The van der Waals surface area contributed by atoms with Crippen LogP contribution in [-0.4, -0.2) is 33.6 Å². The molecule has 0 saturated carbocycles. The normalized spacial score (nSPS) is 20.1. The molecule has 3 rings (SSSR count). The van der Waals surface area contributed by atoms with Crippen LogP contribution in [0.1, 0.15) is 83.7 Å². The highest BCUT2D eigenvalue weighted by Gasteiger charge is 2.42. The summed E-state index contributed by atoms with van der Waals surface area (Å²) in [4.78, 5) is 5.65. The van der Waals surface area contributed by atoms with E-state index < -0.39 is 40.8 Å². The molecule has 2 heterocycles. The van der Waals surface area contributed by atoms with Crippen LogP contribution in [-0.2, 0) is 17.1 Å². The predicted molar refractivity (Wildman–Crippen MR) is 119 cm³/mol. The minimum atomic E-state index is -4.91. The van der Waals surface area contributed by atoms with Gasteiger partial charge in [0.15, 0.2) is 0 Å². The lowest BCUT2D eigenvalue weighted by atomic mass is 9.86. The van der Waals surface area contributed by atoms with Gasteiger partial charge >= 0.3 is 12.4 Å². The van der Waals surface area contributed by atoms with Crippen LogP contribution in [0.5, 0.6) is 0 Å². The van der Waals surface area contributed by atoms with E-state index >= 15 is 0 Å². The van der Waals surface area contributed by atoms with Gasteiger partial charge in [-0.15, -0.1) is 0 Å². The van der Waals surface area contributed by atoms with Crippen LogP contribution in [0.3, 0.4) is 0 Å². The number of aromatic nitrogens is 1. The zero-order valence-corrected chi connectivity index (χ0v) is 20.4. The first-order chi connectivity index (χ1) is 15.4. The number of hydrogen-bond acceptors (Lipinski definition) is 3. The first kappa shape index (κ1) is 26.7. The molecule has 9 heteroatoms. The third-order valence-electron chi connectivity index (χ3n) is 6.01.